The summed E-state index contributed by atoms with van der Waals surface area (Å²) in [6.07, 6.45) is 3.16. The first-order chi connectivity index (χ1) is 13.0. The Labute approximate surface area is 156 Å². The average Bonchev–Trinajstić information content (AvgIpc) is 3.10. The fraction of sp³-hybridized carbons (Fsp3) is 0.400. The summed E-state index contributed by atoms with van der Waals surface area (Å²) in [5.74, 6) is 0.224. The van der Waals surface area contributed by atoms with Gasteiger partial charge in [0, 0.05) is 6.20 Å². The van der Waals surface area contributed by atoms with Crippen LogP contribution < -0.4 is 4.74 Å². The first-order valence-corrected chi connectivity index (χ1v) is 8.93. The summed E-state index contributed by atoms with van der Waals surface area (Å²) in [4.78, 5) is 11.3. The molecule has 5 nitrogen and oxygen atoms in total. The Morgan fingerprint density at radius 3 is 2.81 bits per heavy atom. The van der Waals surface area contributed by atoms with Crippen LogP contribution in [0.15, 0.2) is 30.0 Å². The van der Waals surface area contributed by atoms with E-state index in [1.165, 1.54) is 10.9 Å². The monoisotopic (exact) mass is 376 g/mol. The number of hydrogen-bond acceptors (Lipinski definition) is 4. The molecule has 0 fully saturated rings. The number of phenolic OH excluding ortho intramolecular Hbond substituents is 1. The number of rotatable bonds is 7. The highest BCUT2D eigenvalue weighted by Gasteiger charge is 2.20. The van der Waals surface area contributed by atoms with E-state index < -0.39 is 13.0 Å². The van der Waals surface area contributed by atoms with Crippen molar-refractivity contribution in [2.24, 2.45) is 0 Å². The van der Waals surface area contributed by atoms with E-state index in [2.05, 4.69) is 5.10 Å². The molecular weight excluding hydrogens is 354 g/mol. The molecule has 1 aromatic carbocycles. The zero-order valence-corrected chi connectivity index (χ0v) is 15.1. The summed E-state index contributed by atoms with van der Waals surface area (Å²) in [5, 5.41) is 14.0. The van der Waals surface area contributed by atoms with Gasteiger partial charge in [-0.2, -0.15) is 5.10 Å². The third-order valence-electron chi connectivity index (χ3n) is 4.82. The smallest absolute Gasteiger partial charge is 0.257 e. The van der Waals surface area contributed by atoms with Gasteiger partial charge in [0.15, 0.2) is 6.29 Å². The second-order valence-corrected chi connectivity index (χ2v) is 6.63. The molecule has 2 aromatic rings. The molecule has 0 aliphatic heterocycles. The van der Waals surface area contributed by atoms with Crippen LogP contribution in [0.1, 0.15) is 47.3 Å². The molecule has 0 unspecified atom stereocenters. The summed E-state index contributed by atoms with van der Waals surface area (Å²) in [6, 6.07) is 5.09. The minimum absolute atomic E-state index is 0.0876. The number of aryl methyl sites for hydroxylation is 1. The van der Waals surface area contributed by atoms with Crippen molar-refractivity contribution in [2.75, 3.05) is 6.61 Å². The first-order valence-electron chi connectivity index (χ1n) is 8.93. The molecule has 1 aromatic heterocycles. The molecule has 1 heterocycles. The molecule has 0 saturated heterocycles. The van der Waals surface area contributed by atoms with E-state index in [1.54, 1.807) is 25.1 Å². The summed E-state index contributed by atoms with van der Waals surface area (Å²) in [6.45, 7) is 1.50. The Hall–Kier alpha value is -2.70. The van der Waals surface area contributed by atoms with Gasteiger partial charge >= 0.3 is 0 Å². The van der Waals surface area contributed by atoms with Gasteiger partial charge in [-0.05, 0) is 61.4 Å². The van der Waals surface area contributed by atoms with E-state index >= 15 is 0 Å². The van der Waals surface area contributed by atoms with Crippen LogP contribution >= 0.6 is 0 Å². The number of carbonyl (C=O) groups is 1. The van der Waals surface area contributed by atoms with Crippen LogP contribution in [0.2, 0.25) is 0 Å². The van der Waals surface area contributed by atoms with Gasteiger partial charge in [-0.3, -0.25) is 9.48 Å². The van der Waals surface area contributed by atoms with Gasteiger partial charge in [-0.1, -0.05) is 6.07 Å². The lowest BCUT2D eigenvalue weighted by molar-refractivity contribution is 0.111. The minimum Gasteiger partial charge on any atom is -0.507 e. The molecule has 1 aliphatic rings. The lowest BCUT2D eigenvalue weighted by atomic mass is 9.90. The van der Waals surface area contributed by atoms with Gasteiger partial charge in [-0.15, -0.1) is 0 Å². The number of ether oxygens (including phenoxy) is 1. The summed E-state index contributed by atoms with van der Waals surface area (Å²) in [7, 11) is 0. The molecule has 144 valence electrons. The van der Waals surface area contributed by atoms with Gasteiger partial charge < -0.3 is 9.84 Å². The molecule has 0 spiro atoms. The van der Waals surface area contributed by atoms with Crippen LogP contribution in [0.3, 0.4) is 0 Å². The maximum atomic E-state index is 12.8. The maximum absolute atomic E-state index is 12.8. The van der Waals surface area contributed by atoms with Gasteiger partial charge in [-0.25, -0.2) is 8.78 Å². The Kier molecular flexibility index (Phi) is 5.88. The largest absolute Gasteiger partial charge is 0.507 e. The van der Waals surface area contributed by atoms with Gasteiger partial charge in [0.05, 0.1) is 11.3 Å². The predicted octanol–water partition coefficient (Wildman–Crippen LogP) is 4.38. The average molecular weight is 376 g/mol. The number of carbonyl (C=O) groups excluding carboxylic acids is 1. The van der Waals surface area contributed by atoms with E-state index in [0.717, 1.165) is 36.8 Å². The minimum atomic E-state index is -2.47. The number of nitrogens with zero attached hydrogens (tertiary/aromatic N) is 2. The molecule has 0 saturated carbocycles. The van der Waals surface area contributed by atoms with Crippen molar-refractivity contribution in [3.05, 3.63) is 46.8 Å². The molecule has 3 rings (SSSR count). The third-order valence-corrected chi connectivity index (χ3v) is 4.82. The van der Waals surface area contributed by atoms with Crippen LogP contribution in [0.4, 0.5) is 8.78 Å². The van der Waals surface area contributed by atoms with Gasteiger partial charge in [0.2, 0.25) is 0 Å². The maximum Gasteiger partial charge on any atom is 0.257 e. The number of aldehydes is 1. The lowest BCUT2D eigenvalue weighted by Crippen LogP contribution is -2.15. The molecule has 7 heteroatoms. The standard InChI is InChI=1S/C20H22F2N2O3/c1-13-6-7-18(16(11-25)20(13)26)27-12-14-4-2-3-5-15(14)17-8-9-23-24(17)10-19(21)22/h6-9,11,19,26H,2-5,10,12H2,1H3. The van der Waals surface area contributed by atoms with Crippen LogP contribution in [0.5, 0.6) is 11.5 Å². The molecule has 0 atom stereocenters. The number of benzene rings is 1. The Morgan fingerprint density at radius 2 is 2.07 bits per heavy atom. The van der Waals surface area contributed by atoms with E-state index in [1.807, 2.05) is 0 Å². The van der Waals surface area contributed by atoms with Crippen molar-refractivity contribution in [1.82, 2.24) is 9.78 Å². The number of phenols is 1. The molecule has 0 amide bonds. The first kappa shape index (κ1) is 19.1. The van der Waals surface area contributed by atoms with Crippen molar-refractivity contribution in [3.8, 4) is 11.5 Å². The van der Waals surface area contributed by atoms with Crippen molar-refractivity contribution in [2.45, 2.75) is 45.6 Å². The summed E-state index contributed by atoms with van der Waals surface area (Å²) in [5.41, 5.74) is 3.39. The van der Waals surface area contributed by atoms with Crippen LogP contribution in [-0.2, 0) is 6.54 Å². The Balaban J connectivity index is 1.87. The number of allylic oxidation sites excluding steroid dienone is 1. The number of halogens is 2. The summed E-state index contributed by atoms with van der Waals surface area (Å²) < 4.78 is 32.8. The number of alkyl halides is 2. The number of aromatic nitrogens is 2. The van der Waals surface area contributed by atoms with Crippen LogP contribution in [0, 0.1) is 6.92 Å². The lowest BCUT2D eigenvalue weighted by Gasteiger charge is -2.22. The second-order valence-electron chi connectivity index (χ2n) is 6.63. The predicted molar refractivity (Wildman–Crippen MR) is 97.3 cm³/mol. The third kappa shape index (κ3) is 4.18. The van der Waals surface area contributed by atoms with Crippen LogP contribution in [0.25, 0.3) is 5.57 Å². The Morgan fingerprint density at radius 1 is 1.30 bits per heavy atom. The number of aromatic hydroxyl groups is 1. The zero-order valence-electron chi connectivity index (χ0n) is 15.1. The van der Waals surface area contributed by atoms with E-state index in [9.17, 15) is 18.7 Å². The molecule has 1 N–H and O–H groups in total. The molecule has 1 aliphatic carbocycles. The molecule has 0 bridgehead atoms. The summed E-state index contributed by atoms with van der Waals surface area (Å²) >= 11 is 0. The van der Waals surface area contributed by atoms with Crippen LogP contribution in [-0.4, -0.2) is 34.2 Å². The Bertz CT molecular complexity index is 859. The highest BCUT2D eigenvalue weighted by Crippen LogP contribution is 2.34. The topological polar surface area (TPSA) is 64.4 Å². The molecule has 0 radical (unpaired) electrons. The van der Waals surface area contributed by atoms with Crippen molar-refractivity contribution in [3.63, 3.8) is 0 Å². The van der Waals surface area contributed by atoms with Crippen molar-refractivity contribution < 1.29 is 23.4 Å². The van der Waals surface area contributed by atoms with Crippen molar-refractivity contribution >= 4 is 11.9 Å². The number of hydrogen-bond donors (Lipinski definition) is 1. The van der Waals surface area contributed by atoms with Crippen molar-refractivity contribution in [1.29, 1.82) is 0 Å². The quantitative estimate of drug-likeness (QED) is 0.729. The van der Waals surface area contributed by atoms with Gasteiger partial charge in [0.1, 0.15) is 24.7 Å². The molecular formula is C20H22F2N2O3. The fourth-order valence-corrected chi connectivity index (χ4v) is 3.40. The SMILES string of the molecule is Cc1ccc(OCC2=C(c3ccnn3CC(F)F)CCCC2)c(C=O)c1O. The van der Waals surface area contributed by atoms with E-state index in [4.69, 9.17) is 4.74 Å². The normalized spacial score (nSPS) is 14.7. The fourth-order valence-electron chi connectivity index (χ4n) is 3.40. The second kappa shape index (κ2) is 8.33. The zero-order chi connectivity index (χ0) is 19.4. The highest BCUT2D eigenvalue weighted by molar-refractivity contribution is 5.84. The molecule has 27 heavy (non-hydrogen) atoms. The van der Waals surface area contributed by atoms with E-state index in [-0.39, 0.29) is 17.9 Å². The highest BCUT2D eigenvalue weighted by atomic mass is 19.3. The van der Waals surface area contributed by atoms with E-state index in [0.29, 0.717) is 23.3 Å². The van der Waals surface area contributed by atoms with Gasteiger partial charge in [0.25, 0.3) is 6.43 Å².